The number of benzene rings is 1. The maximum absolute atomic E-state index is 12.0. The Morgan fingerprint density at radius 2 is 1.93 bits per heavy atom. The Kier molecular flexibility index (Phi) is 5.19. The molecule has 0 atom stereocenters. The number of ether oxygens (including phenoxy) is 1. The van der Waals surface area contributed by atoms with Crippen molar-refractivity contribution in [1.29, 1.82) is 0 Å². The largest absolute Gasteiger partial charge is 0.505 e. The summed E-state index contributed by atoms with van der Waals surface area (Å²) in [6, 6.07) is 7.81. The SMILES string of the molecule is CCOC(=O)C1=C(O)/C(=C\c2c(C)nn(-c3ccc(C)cc3)c2Cl)N=C1C. The van der Waals surface area contributed by atoms with Crippen LogP contribution in [0, 0.1) is 13.8 Å². The summed E-state index contributed by atoms with van der Waals surface area (Å²) in [5.74, 6) is -0.817. The summed E-state index contributed by atoms with van der Waals surface area (Å²) in [6.07, 6.45) is 1.63. The highest BCUT2D eigenvalue weighted by Crippen LogP contribution is 2.31. The number of aromatic nitrogens is 2. The average molecular weight is 386 g/mol. The Morgan fingerprint density at radius 3 is 2.56 bits per heavy atom. The first-order chi connectivity index (χ1) is 12.8. The van der Waals surface area contributed by atoms with Gasteiger partial charge < -0.3 is 9.84 Å². The van der Waals surface area contributed by atoms with Gasteiger partial charge in [0.05, 0.1) is 23.7 Å². The molecule has 0 amide bonds. The maximum atomic E-state index is 12.0. The van der Waals surface area contributed by atoms with Gasteiger partial charge >= 0.3 is 5.97 Å². The summed E-state index contributed by atoms with van der Waals surface area (Å²) in [7, 11) is 0. The molecule has 0 aliphatic carbocycles. The molecular weight excluding hydrogens is 366 g/mol. The third-order valence-corrected chi connectivity index (χ3v) is 4.58. The zero-order chi connectivity index (χ0) is 19.7. The molecule has 1 aliphatic rings. The number of carbonyl (C=O) groups is 1. The minimum absolute atomic E-state index is 0.0720. The number of aliphatic imine (C=N–C) groups is 1. The van der Waals surface area contributed by atoms with Crippen molar-refractivity contribution in [3.8, 4) is 5.69 Å². The molecule has 1 aromatic carbocycles. The van der Waals surface area contributed by atoms with E-state index in [1.807, 2.05) is 38.1 Å². The molecule has 7 heteroatoms. The Morgan fingerprint density at radius 1 is 1.26 bits per heavy atom. The lowest BCUT2D eigenvalue weighted by molar-refractivity contribution is -0.138. The molecule has 1 N–H and O–H groups in total. The molecule has 0 fully saturated rings. The number of aliphatic hydroxyl groups excluding tert-OH is 1. The van der Waals surface area contributed by atoms with Crippen molar-refractivity contribution < 1.29 is 14.6 Å². The van der Waals surface area contributed by atoms with Crippen molar-refractivity contribution >= 4 is 29.4 Å². The second-order valence-electron chi connectivity index (χ2n) is 6.21. The number of rotatable bonds is 4. The molecule has 0 spiro atoms. The minimum Gasteiger partial charge on any atom is -0.505 e. The van der Waals surface area contributed by atoms with Gasteiger partial charge in [-0.15, -0.1) is 0 Å². The van der Waals surface area contributed by atoms with Crippen molar-refractivity contribution in [3.63, 3.8) is 0 Å². The molecule has 140 valence electrons. The van der Waals surface area contributed by atoms with Crippen LogP contribution in [-0.4, -0.2) is 33.2 Å². The van der Waals surface area contributed by atoms with E-state index in [2.05, 4.69) is 10.1 Å². The highest BCUT2D eigenvalue weighted by atomic mass is 35.5. The van der Waals surface area contributed by atoms with Gasteiger partial charge in [0.2, 0.25) is 0 Å². The highest BCUT2D eigenvalue weighted by molar-refractivity contribution is 6.31. The predicted molar refractivity (Wildman–Crippen MR) is 105 cm³/mol. The molecule has 0 saturated carbocycles. The van der Waals surface area contributed by atoms with E-state index in [9.17, 15) is 9.90 Å². The predicted octanol–water partition coefficient (Wildman–Crippen LogP) is 4.33. The summed E-state index contributed by atoms with van der Waals surface area (Å²) >= 11 is 6.53. The first kappa shape index (κ1) is 18.9. The second kappa shape index (κ2) is 7.40. The number of hydrogen-bond donors (Lipinski definition) is 1. The average Bonchev–Trinajstić information content (AvgIpc) is 3.06. The molecule has 3 rings (SSSR count). The van der Waals surface area contributed by atoms with E-state index in [1.165, 1.54) is 0 Å². The smallest absolute Gasteiger partial charge is 0.343 e. The van der Waals surface area contributed by atoms with Gasteiger partial charge in [-0.1, -0.05) is 29.3 Å². The number of aryl methyl sites for hydroxylation is 2. The van der Waals surface area contributed by atoms with Crippen LogP contribution in [0.5, 0.6) is 0 Å². The van der Waals surface area contributed by atoms with Crippen LogP contribution in [0.2, 0.25) is 5.15 Å². The fourth-order valence-corrected chi connectivity index (χ4v) is 3.13. The van der Waals surface area contributed by atoms with Crippen LogP contribution in [0.15, 0.2) is 46.3 Å². The number of hydrogen-bond acceptors (Lipinski definition) is 5. The number of aliphatic hydroxyl groups is 1. The van der Waals surface area contributed by atoms with Gasteiger partial charge in [-0.2, -0.15) is 5.10 Å². The van der Waals surface area contributed by atoms with Gasteiger partial charge in [0.1, 0.15) is 16.4 Å². The first-order valence-electron chi connectivity index (χ1n) is 8.53. The summed E-state index contributed by atoms with van der Waals surface area (Å²) < 4.78 is 6.60. The van der Waals surface area contributed by atoms with E-state index in [-0.39, 0.29) is 23.6 Å². The first-order valence-corrected chi connectivity index (χ1v) is 8.91. The lowest BCUT2D eigenvalue weighted by atomic mass is 10.1. The van der Waals surface area contributed by atoms with E-state index in [0.29, 0.717) is 22.1 Å². The van der Waals surface area contributed by atoms with E-state index < -0.39 is 5.97 Å². The Labute approximate surface area is 162 Å². The van der Waals surface area contributed by atoms with Gasteiger partial charge in [-0.3, -0.25) is 0 Å². The minimum atomic E-state index is -0.599. The van der Waals surface area contributed by atoms with Crippen LogP contribution in [0.4, 0.5) is 0 Å². The van der Waals surface area contributed by atoms with E-state index in [1.54, 1.807) is 24.6 Å². The fraction of sp³-hybridized carbons (Fsp3) is 0.250. The van der Waals surface area contributed by atoms with E-state index in [4.69, 9.17) is 16.3 Å². The molecule has 1 aromatic heterocycles. The van der Waals surface area contributed by atoms with Gasteiger partial charge in [-0.25, -0.2) is 14.5 Å². The molecule has 0 bridgehead atoms. The molecular formula is C20H20ClN3O3. The van der Waals surface area contributed by atoms with Crippen LogP contribution >= 0.6 is 11.6 Å². The molecule has 0 saturated heterocycles. The highest BCUT2D eigenvalue weighted by Gasteiger charge is 2.28. The molecule has 6 nitrogen and oxygen atoms in total. The summed E-state index contributed by atoms with van der Waals surface area (Å²) in [5.41, 5.74) is 4.00. The zero-order valence-electron chi connectivity index (χ0n) is 15.6. The van der Waals surface area contributed by atoms with Crippen LogP contribution in [0.1, 0.15) is 30.7 Å². The molecule has 27 heavy (non-hydrogen) atoms. The Balaban J connectivity index is 2.03. The summed E-state index contributed by atoms with van der Waals surface area (Å²) in [5, 5.41) is 15.3. The molecule has 2 aromatic rings. The monoisotopic (exact) mass is 385 g/mol. The van der Waals surface area contributed by atoms with Gasteiger partial charge in [0.25, 0.3) is 0 Å². The normalized spacial score (nSPS) is 15.4. The second-order valence-corrected chi connectivity index (χ2v) is 6.57. The molecule has 0 radical (unpaired) electrons. The summed E-state index contributed by atoms with van der Waals surface area (Å²) in [4.78, 5) is 16.3. The molecule has 0 unspecified atom stereocenters. The van der Waals surface area contributed by atoms with Crippen molar-refractivity contribution in [2.75, 3.05) is 6.61 Å². The van der Waals surface area contributed by atoms with Gasteiger partial charge in [-0.05, 0) is 45.9 Å². The van der Waals surface area contributed by atoms with E-state index in [0.717, 1.165) is 11.3 Å². The zero-order valence-corrected chi connectivity index (χ0v) is 16.3. The maximum Gasteiger partial charge on any atom is 0.343 e. The summed E-state index contributed by atoms with van der Waals surface area (Å²) in [6.45, 7) is 7.40. The standard InChI is InChI=1S/C20H20ClN3O3/c1-5-27-20(26)17-13(4)22-16(18(17)25)10-15-12(3)23-24(19(15)21)14-8-6-11(2)7-9-14/h6-10,25H,5H2,1-4H3/b16-10+. The Bertz CT molecular complexity index is 998. The quantitative estimate of drug-likeness (QED) is 0.794. The van der Waals surface area contributed by atoms with Crippen molar-refractivity contribution in [2.24, 2.45) is 4.99 Å². The third kappa shape index (κ3) is 3.53. The molecule has 2 heterocycles. The third-order valence-electron chi connectivity index (χ3n) is 4.22. The lowest BCUT2D eigenvalue weighted by Gasteiger charge is -2.04. The van der Waals surface area contributed by atoms with Gasteiger partial charge in [0, 0.05) is 5.56 Å². The lowest BCUT2D eigenvalue weighted by Crippen LogP contribution is -2.13. The van der Waals surface area contributed by atoms with Crippen molar-refractivity contribution in [1.82, 2.24) is 9.78 Å². The van der Waals surface area contributed by atoms with Gasteiger partial charge in [0.15, 0.2) is 5.76 Å². The number of nitrogens with zero attached hydrogens (tertiary/aromatic N) is 3. The van der Waals surface area contributed by atoms with Crippen molar-refractivity contribution in [3.05, 3.63) is 63.3 Å². The number of halogens is 1. The molecule has 1 aliphatic heterocycles. The van der Waals surface area contributed by atoms with Crippen LogP contribution in [0.25, 0.3) is 11.8 Å². The number of carbonyl (C=O) groups excluding carboxylic acids is 1. The Hall–Kier alpha value is -2.86. The topological polar surface area (TPSA) is 76.7 Å². The van der Waals surface area contributed by atoms with E-state index >= 15 is 0 Å². The van der Waals surface area contributed by atoms with Crippen LogP contribution in [-0.2, 0) is 9.53 Å². The van der Waals surface area contributed by atoms with Crippen molar-refractivity contribution in [2.45, 2.75) is 27.7 Å². The fourth-order valence-electron chi connectivity index (χ4n) is 2.81. The number of esters is 1. The van der Waals surface area contributed by atoms with Crippen LogP contribution < -0.4 is 0 Å². The van der Waals surface area contributed by atoms with Crippen LogP contribution in [0.3, 0.4) is 0 Å².